The summed E-state index contributed by atoms with van der Waals surface area (Å²) in [6, 6.07) is 0.304. The van der Waals surface area contributed by atoms with Gasteiger partial charge in [0, 0.05) is 6.54 Å². The smallest absolute Gasteiger partial charge is 0.0664 e. The highest BCUT2D eigenvalue weighted by Crippen LogP contribution is 1.88. The van der Waals surface area contributed by atoms with Gasteiger partial charge in [-0.2, -0.15) is 0 Å². The Balaban J connectivity index is 2.22. The zero-order valence-corrected chi connectivity index (χ0v) is 5.41. The molecule has 1 heterocycles. The third kappa shape index (κ3) is 1.51. The molecule has 0 spiro atoms. The van der Waals surface area contributed by atoms with Gasteiger partial charge in [0.15, 0.2) is 0 Å². The molecule has 0 aromatic heterocycles. The average molecular weight is 131 g/mol. The van der Waals surface area contributed by atoms with Crippen LogP contribution in [0.15, 0.2) is 0 Å². The van der Waals surface area contributed by atoms with Crippen LogP contribution in [0.25, 0.3) is 0 Å². The molecule has 1 atom stereocenters. The number of rotatable bonds is 1. The van der Waals surface area contributed by atoms with Gasteiger partial charge in [-0.15, -0.1) is 0 Å². The van der Waals surface area contributed by atoms with Crippen molar-refractivity contribution in [3.05, 3.63) is 0 Å². The molecule has 0 aromatic carbocycles. The molecule has 0 amide bonds. The first-order chi connectivity index (χ1) is 3.93. The molecule has 1 unspecified atom stereocenters. The summed E-state index contributed by atoms with van der Waals surface area (Å²) in [7, 11) is 0. The Kier molecular flexibility index (Phi) is 2.39. The van der Waals surface area contributed by atoms with Crippen LogP contribution in [0.3, 0.4) is 0 Å². The average Bonchev–Trinajstić information content (AvgIpc) is 1.90. The maximum atomic E-state index is 5.11. The second kappa shape index (κ2) is 3.12. The van der Waals surface area contributed by atoms with Crippen molar-refractivity contribution in [1.29, 1.82) is 0 Å². The normalized spacial score (nSPS) is 29.8. The van der Waals surface area contributed by atoms with E-state index < -0.39 is 0 Å². The number of hydrogen-bond donors (Lipinski definition) is 1. The summed E-state index contributed by atoms with van der Waals surface area (Å²) in [5.74, 6) is 0. The third-order valence-electron chi connectivity index (χ3n) is 1.11. The highest BCUT2D eigenvalue weighted by Gasteiger charge is 2.07. The van der Waals surface area contributed by atoms with Crippen molar-refractivity contribution in [3.63, 3.8) is 0 Å². The van der Waals surface area contributed by atoms with E-state index in [-0.39, 0.29) is 0 Å². The van der Waals surface area contributed by atoms with E-state index in [0.29, 0.717) is 6.04 Å². The Morgan fingerprint density at radius 2 is 2.62 bits per heavy atom. The highest BCUT2D eigenvalue weighted by molar-refractivity contribution is 7.79. The third-order valence-corrected chi connectivity index (χ3v) is 1.44. The SMILES string of the molecule is S=CC1COCCN1. The molecular formula is C5H9NOS. The molecule has 46 valence electrons. The summed E-state index contributed by atoms with van der Waals surface area (Å²) in [5, 5.41) is 4.89. The van der Waals surface area contributed by atoms with Crippen LogP contribution >= 0.6 is 12.2 Å². The van der Waals surface area contributed by atoms with Gasteiger partial charge in [-0.1, -0.05) is 12.2 Å². The zero-order chi connectivity index (χ0) is 5.82. The molecule has 0 saturated carbocycles. The maximum absolute atomic E-state index is 5.11. The summed E-state index contributed by atoms with van der Waals surface area (Å²) in [6.45, 7) is 2.49. The molecule has 1 aliphatic rings. The van der Waals surface area contributed by atoms with Gasteiger partial charge in [0.25, 0.3) is 0 Å². The molecule has 1 N–H and O–H groups in total. The Bertz CT molecular complexity index is 80.5. The van der Waals surface area contributed by atoms with Crippen molar-refractivity contribution in [3.8, 4) is 0 Å². The van der Waals surface area contributed by atoms with Gasteiger partial charge in [0.1, 0.15) is 0 Å². The molecule has 2 nitrogen and oxygen atoms in total. The first-order valence-corrected chi connectivity index (χ1v) is 3.17. The Labute approximate surface area is 54.2 Å². The minimum absolute atomic E-state index is 0.304. The van der Waals surface area contributed by atoms with Gasteiger partial charge < -0.3 is 10.1 Å². The minimum atomic E-state index is 0.304. The quantitative estimate of drug-likeness (QED) is 0.505. The standard InChI is InChI=1S/C5H9NOS/c8-4-5-3-7-2-1-6-5/h4-6H,1-3H2. The van der Waals surface area contributed by atoms with Crippen molar-refractivity contribution >= 4 is 17.6 Å². The fourth-order valence-corrected chi connectivity index (χ4v) is 0.848. The Morgan fingerprint density at radius 3 is 3.00 bits per heavy atom. The first kappa shape index (κ1) is 6.13. The summed E-state index contributed by atoms with van der Waals surface area (Å²) in [6.07, 6.45) is 0. The molecule has 0 aromatic rings. The minimum Gasteiger partial charge on any atom is -0.378 e. The van der Waals surface area contributed by atoms with Gasteiger partial charge in [-0.25, -0.2) is 0 Å². The van der Waals surface area contributed by atoms with E-state index in [4.69, 9.17) is 17.0 Å². The number of thiocarbonyl (C=S) groups is 1. The van der Waals surface area contributed by atoms with Crippen LogP contribution in [0.5, 0.6) is 0 Å². The lowest BCUT2D eigenvalue weighted by atomic mass is 10.3. The van der Waals surface area contributed by atoms with Crippen LogP contribution in [-0.4, -0.2) is 31.2 Å². The zero-order valence-electron chi connectivity index (χ0n) is 4.59. The Hall–Kier alpha value is 0.0100. The fraction of sp³-hybridized carbons (Fsp3) is 0.800. The van der Waals surface area contributed by atoms with Crippen molar-refractivity contribution in [1.82, 2.24) is 5.32 Å². The van der Waals surface area contributed by atoms with Gasteiger partial charge >= 0.3 is 0 Å². The van der Waals surface area contributed by atoms with Crippen LogP contribution in [0, 0.1) is 0 Å². The predicted octanol–water partition coefficient (Wildman–Crippen LogP) is -0.0255. The maximum Gasteiger partial charge on any atom is 0.0664 e. The lowest BCUT2D eigenvalue weighted by Gasteiger charge is -2.19. The van der Waals surface area contributed by atoms with Crippen LogP contribution in [0.2, 0.25) is 0 Å². The summed E-state index contributed by atoms with van der Waals surface area (Å²) >= 11 is 4.70. The van der Waals surface area contributed by atoms with Gasteiger partial charge in [0.05, 0.1) is 19.3 Å². The summed E-state index contributed by atoms with van der Waals surface area (Å²) in [5.41, 5.74) is 0. The molecule has 1 rings (SSSR count). The molecule has 0 radical (unpaired) electrons. The molecule has 0 bridgehead atoms. The van der Waals surface area contributed by atoms with Crippen LogP contribution in [0.1, 0.15) is 0 Å². The molecule has 8 heavy (non-hydrogen) atoms. The van der Waals surface area contributed by atoms with Crippen LogP contribution in [0.4, 0.5) is 0 Å². The highest BCUT2D eigenvalue weighted by atomic mass is 32.1. The van der Waals surface area contributed by atoms with E-state index in [0.717, 1.165) is 19.8 Å². The molecular weight excluding hydrogens is 122 g/mol. The second-order valence-electron chi connectivity index (χ2n) is 1.77. The monoisotopic (exact) mass is 131 g/mol. The number of hydrogen-bond acceptors (Lipinski definition) is 3. The lowest BCUT2D eigenvalue weighted by molar-refractivity contribution is 0.0966. The first-order valence-electron chi connectivity index (χ1n) is 2.70. The van der Waals surface area contributed by atoms with Gasteiger partial charge in [0.2, 0.25) is 0 Å². The molecule has 3 heteroatoms. The second-order valence-corrected chi connectivity index (χ2v) is 2.04. The van der Waals surface area contributed by atoms with Crippen molar-refractivity contribution < 1.29 is 4.74 Å². The van der Waals surface area contributed by atoms with E-state index in [1.807, 2.05) is 0 Å². The molecule has 1 saturated heterocycles. The van der Waals surface area contributed by atoms with Crippen LogP contribution in [-0.2, 0) is 4.74 Å². The molecule has 1 fully saturated rings. The van der Waals surface area contributed by atoms with Gasteiger partial charge in [-0.05, 0) is 5.37 Å². The van der Waals surface area contributed by atoms with E-state index in [1.54, 1.807) is 5.37 Å². The fourth-order valence-electron chi connectivity index (χ4n) is 0.673. The van der Waals surface area contributed by atoms with E-state index >= 15 is 0 Å². The summed E-state index contributed by atoms with van der Waals surface area (Å²) < 4.78 is 5.11. The summed E-state index contributed by atoms with van der Waals surface area (Å²) in [4.78, 5) is 0. The number of ether oxygens (including phenoxy) is 1. The van der Waals surface area contributed by atoms with Crippen molar-refractivity contribution in [2.24, 2.45) is 0 Å². The van der Waals surface area contributed by atoms with Crippen molar-refractivity contribution in [2.45, 2.75) is 6.04 Å². The topological polar surface area (TPSA) is 21.3 Å². The number of morpholine rings is 1. The molecule has 1 aliphatic heterocycles. The largest absolute Gasteiger partial charge is 0.378 e. The van der Waals surface area contributed by atoms with Gasteiger partial charge in [-0.3, -0.25) is 0 Å². The lowest BCUT2D eigenvalue weighted by Crippen LogP contribution is -2.41. The van der Waals surface area contributed by atoms with E-state index in [1.165, 1.54) is 0 Å². The van der Waals surface area contributed by atoms with E-state index in [9.17, 15) is 0 Å². The van der Waals surface area contributed by atoms with E-state index in [2.05, 4.69) is 5.32 Å². The van der Waals surface area contributed by atoms with Crippen LogP contribution < -0.4 is 5.32 Å². The Morgan fingerprint density at radius 1 is 1.75 bits per heavy atom. The molecule has 0 aliphatic carbocycles. The van der Waals surface area contributed by atoms with Crippen molar-refractivity contribution in [2.75, 3.05) is 19.8 Å². The predicted molar refractivity (Wildman–Crippen MR) is 36.3 cm³/mol. The number of nitrogens with one attached hydrogen (secondary N) is 1.